The van der Waals surface area contributed by atoms with E-state index < -0.39 is 5.41 Å². The lowest BCUT2D eigenvalue weighted by Crippen LogP contribution is -2.26. The summed E-state index contributed by atoms with van der Waals surface area (Å²) in [5, 5.41) is 3.91. The molecule has 1 nitrogen and oxygen atoms in total. The number of rotatable bonds is 4. The molecule has 1 spiro atoms. The van der Waals surface area contributed by atoms with Crippen molar-refractivity contribution in [3.05, 3.63) is 215 Å². The monoisotopic (exact) mass is 689 g/mol. The quantitative estimate of drug-likeness (QED) is 0.194. The van der Waals surface area contributed by atoms with Gasteiger partial charge < -0.3 is 5.32 Å². The predicted molar refractivity (Wildman–Crippen MR) is 226 cm³/mol. The second kappa shape index (κ2) is 11.3. The van der Waals surface area contributed by atoms with Crippen molar-refractivity contribution in [2.24, 2.45) is 0 Å². The van der Waals surface area contributed by atoms with E-state index >= 15 is 0 Å². The van der Waals surface area contributed by atoms with Crippen LogP contribution in [0, 0.1) is 6.92 Å². The summed E-state index contributed by atoms with van der Waals surface area (Å²) in [7, 11) is 0. The van der Waals surface area contributed by atoms with E-state index in [-0.39, 0.29) is 5.41 Å². The van der Waals surface area contributed by atoms with E-state index in [2.05, 4.69) is 202 Å². The van der Waals surface area contributed by atoms with Gasteiger partial charge in [-0.2, -0.15) is 0 Å². The molecule has 256 valence electrons. The van der Waals surface area contributed by atoms with Crippen LogP contribution in [-0.2, 0) is 10.8 Å². The van der Waals surface area contributed by atoms with Crippen LogP contribution < -0.4 is 5.32 Å². The Morgan fingerprint density at radius 3 is 1.63 bits per heavy atom. The van der Waals surface area contributed by atoms with Crippen LogP contribution in [0.15, 0.2) is 176 Å². The molecule has 0 radical (unpaired) electrons. The summed E-state index contributed by atoms with van der Waals surface area (Å²) in [6, 6.07) is 65.6. The SMILES string of the molecule is Cc1cc2c(cc1-c1ccc3c(c1)-c1ccccc1C31c3ccccc3-c3cccc(Nc4ccc(-c5ccccc5)cc4)c31)-c1ccccc1C2(C)C. The molecule has 8 aromatic carbocycles. The molecule has 0 saturated heterocycles. The van der Waals surface area contributed by atoms with Crippen LogP contribution in [0.4, 0.5) is 11.4 Å². The summed E-state index contributed by atoms with van der Waals surface area (Å²) in [5.74, 6) is 0. The van der Waals surface area contributed by atoms with Gasteiger partial charge >= 0.3 is 0 Å². The molecule has 0 aliphatic heterocycles. The summed E-state index contributed by atoms with van der Waals surface area (Å²) >= 11 is 0. The Labute approximate surface area is 317 Å². The third-order valence-corrected chi connectivity index (χ3v) is 12.6. The van der Waals surface area contributed by atoms with Crippen molar-refractivity contribution in [2.45, 2.75) is 31.6 Å². The van der Waals surface area contributed by atoms with Crippen molar-refractivity contribution in [1.82, 2.24) is 0 Å². The Morgan fingerprint density at radius 1 is 0.370 bits per heavy atom. The number of fused-ring (bicyclic) bond motifs is 13. The molecule has 1 N–H and O–H groups in total. The van der Waals surface area contributed by atoms with Gasteiger partial charge in [-0.25, -0.2) is 0 Å². The van der Waals surface area contributed by atoms with Crippen LogP contribution in [0.2, 0.25) is 0 Å². The molecule has 11 rings (SSSR count). The average Bonchev–Trinajstić information content (AvgIpc) is 3.77. The van der Waals surface area contributed by atoms with Crippen molar-refractivity contribution in [2.75, 3.05) is 5.32 Å². The fourth-order valence-corrected chi connectivity index (χ4v) is 10.2. The molecule has 0 saturated carbocycles. The molecular weight excluding hydrogens is 651 g/mol. The maximum absolute atomic E-state index is 3.91. The van der Waals surface area contributed by atoms with Crippen LogP contribution in [0.3, 0.4) is 0 Å². The van der Waals surface area contributed by atoms with E-state index in [0.29, 0.717) is 0 Å². The largest absolute Gasteiger partial charge is 0.355 e. The summed E-state index contributed by atoms with van der Waals surface area (Å²) in [5.41, 5.74) is 24.2. The molecule has 1 unspecified atom stereocenters. The fraction of sp³-hybridized carbons (Fsp3) is 0.0943. The van der Waals surface area contributed by atoms with Gasteiger partial charge in [0.15, 0.2) is 0 Å². The van der Waals surface area contributed by atoms with Gasteiger partial charge in [-0.3, -0.25) is 0 Å². The maximum Gasteiger partial charge on any atom is 0.0745 e. The van der Waals surface area contributed by atoms with Gasteiger partial charge in [-0.1, -0.05) is 159 Å². The molecular formula is C53H39N. The standard InChI is InChI=1S/C53H39N/c1-33-30-49-44(39-17-7-10-20-45(39)52(49,2)3)32-42(33)36-26-29-48-43(31-36)40-18-9-12-22-47(40)53(48)46-21-11-8-16-38(46)41-19-13-23-50(51(41)53)54-37-27-24-35(25-28-37)34-14-5-4-6-15-34/h4-32,54H,1-3H3. The minimum absolute atomic E-state index is 0.0165. The summed E-state index contributed by atoms with van der Waals surface area (Å²) in [4.78, 5) is 0. The van der Waals surface area contributed by atoms with Gasteiger partial charge in [0.2, 0.25) is 0 Å². The van der Waals surface area contributed by atoms with Crippen LogP contribution in [-0.4, -0.2) is 0 Å². The number of hydrogen-bond donors (Lipinski definition) is 1. The van der Waals surface area contributed by atoms with Gasteiger partial charge in [0.1, 0.15) is 0 Å². The molecule has 0 heterocycles. The van der Waals surface area contributed by atoms with Gasteiger partial charge in [-0.15, -0.1) is 0 Å². The van der Waals surface area contributed by atoms with E-state index in [0.717, 1.165) is 11.4 Å². The number of nitrogens with one attached hydrogen (secondary N) is 1. The molecule has 3 aliphatic carbocycles. The maximum atomic E-state index is 3.91. The van der Waals surface area contributed by atoms with Crippen molar-refractivity contribution < 1.29 is 0 Å². The van der Waals surface area contributed by atoms with Gasteiger partial charge in [0, 0.05) is 22.4 Å². The van der Waals surface area contributed by atoms with Crippen LogP contribution in [0.1, 0.15) is 52.8 Å². The molecule has 0 amide bonds. The first-order valence-electron chi connectivity index (χ1n) is 19.1. The van der Waals surface area contributed by atoms with Crippen molar-refractivity contribution >= 4 is 11.4 Å². The van der Waals surface area contributed by atoms with Crippen LogP contribution in [0.25, 0.3) is 55.6 Å². The Hall–Kier alpha value is -6.44. The van der Waals surface area contributed by atoms with Crippen LogP contribution in [0.5, 0.6) is 0 Å². The third kappa shape index (κ3) is 4.15. The van der Waals surface area contributed by atoms with Crippen molar-refractivity contribution in [3.8, 4) is 55.6 Å². The number of aryl methyl sites for hydroxylation is 1. The lowest BCUT2D eigenvalue weighted by Gasteiger charge is -2.32. The van der Waals surface area contributed by atoms with Crippen molar-refractivity contribution in [1.29, 1.82) is 0 Å². The highest BCUT2D eigenvalue weighted by Crippen LogP contribution is 2.65. The Balaban J connectivity index is 1.09. The normalized spacial score (nSPS) is 16.3. The Bertz CT molecular complexity index is 2820. The topological polar surface area (TPSA) is 12.0 Å². The van der Waals surface area contributed by atoms with E-state index in [1.807, 2.05) is 0 Å². The zero-order chi connectivity index (χ0) is 36.2. The third-order valence-electron chi connectivity index (χ3n) is 12.6. The number of hydrogen-bond acceptors (Lipinski definition) is 1. The summed E-state index contributed by atoms with van der Waals surface area (Å²) in [6.45, 7) is 7.01. The highest BCUT2D eigenvalue weighted by atomic mass is 14.9. The van der Waals surface area contributed by atoms with Gasteiger partial charge in [0.05, 0.1) is 5.41 Å². The highest BCUT2D eigenvalue weighted by Gasteiger charge is 2.53. The summed E-state index contributed by atoms with van der Waals surface area (Å²) in [6.07, 6.45) is 0. The zero-order valence-electron chi connectivity index (χ0n) is 30.7. The minimum Gasteiger partial charge on any atom is -0.355 e. The van der Waals surface area contributed by atoms with E-state index in [9.17, 15) is 0 Å². The second-order valence-corrected chi connectivity index (χ2v) is 15.8. The highest BCUT2D eigenvalue weighted by molar-refractivity contribution is 5.99. The van der Waals surface area contributed by atoms with Crippen LogP contribution >= 0.6 is 0 Å². The molecule has 1 heteroatoms. The van der Waals surface area contributed by atoms with Gasteiger partial charge in [-0.05, 0) is 126 Å². The molecule has 1 atom stereocenters. The lowest BCUT2D eigenvalue weighted by atomic mass is 9.70. The van der Waals surface area contributed by atoms with E-state index in [1.165, 1.54) is 94.6 Å². The molecule has 0 aromatic heterocycles. The molecule has 3 aliphatic rings. The number of anilines is 2. The predicted octanol–water partition coefficient (Wildman–Crippen LogP) is 13.7. The molecule has 8 aromatic rings. The van der Waals surface area contributed by atoms with Crippen molar-refractivity contribution in [3.63, 3.8) is 0 Å². The minimum atomic E-state index is -0.458. The second-order valence-electron chi connectivity index (χ2n) is 15.8. The first kappa shape index (κ1) is 31.1. The first-order valence-corrected chi connectivity index (χ1v) is 19.1. The number of benzene rings is 8. The van der Waals surface area contributed by atoms with E-state index in [4.69, 9.17) is 0 Å². The average molecular weight is 690 g/mol. The zero-order valence-corrected chi connectivity index (χ0v) is 30.7. The first-order chi connectivity index (χ1) is 26.4. The Kier molecular flexibility index (Phi) is 6.50. The molecule has 54 heavy (non-hydrogen) atoms. The fourth-order valence-electron chi connectivity index (χ4n) is 10.2. The lowest BCUT2D eigenvalue weighted by molar-refractivity contribution is 0.660. The summed E-state index contributed by atoms with van der Waals surface area (Å²) < 4.78 is 0. The van der Waals surface area contributed by atoms with E-state index in [1.54, 1.807) is 0 Å². The molecule has 0 fully saturated rings. The smallest absolute Gasteiger partial charge is 0.0745 e. The molecule has 0 bridgehead atoms. The Morgan fingerprint density at radius 2 is 0.907 bits per heavy atom. The van der Waals surface area contributed by atoms with Gasteiger partial charge in [0.25, 0.3) is 0 Å².